The number of ether oxygens (including phenoxy) is 1. The van der Waals surface area contributed by atoms with Gasteiger partial charge >= 0.3 is 6.18 Å². The number of hydrogen-bond donors (Lipinski definition) is 3. The van der Waals surface area contributed by atoms with E-state index in [1.54, 1.807) is 6.07 Å². The van der Waals surface area contributed by atoms with Gasteiger partial charge in [-0.25, -0.2) is 14.7 Å². The van der Waals surface area contributed by atoms with Crippen LogP contribution in [0.15, 0.2) is 58.5 Å². The SMILES string of the molecule is CC1(C)C[C@H](CCCNc2cccc(S(=O)(=O)NC(=O)c3ccc(-n4cccc(OCCC5(C(F)(F)F)CC5)c4=O)nc3Cl)n2)CN1. The molecular formula is C31H36ClF3N6O5S. The summed E-state index contributed by atoms with van der Waals surface area (Å²) in [5.41, 5.74) is -2.60. The van der Waals surface area contributed by atoms with Crippen molar-refractivity contribution in [2.45, 2.75) is 69.1 Å². The second-order valence-electron chi connectivity index (χ2n) is 12.6. The van der Waals surface area contributed by atoms with Gasteiger partial charge in [-0.1, -0.05) is 17.7 Å². The van der Waals surface area contributed by atoms with Crippen LogP contribution in [0, 0.1) is 11.3 Å². The minimum atomic E-state index is -4.39. The van der Waals surface area contributed by atoms with Crippen molar-refractivity contribution in [3.8, 4) is 11.6 Å². The Balaban J connectivity index is 1.19. The Morgan fingerprint density at radius 1 is 1.15 bits per heavy atom. The van der Waals surface area contributed by atoms with Crippen LogP contribution in [-0.4, -0.2) is 60.3 Å². The zero-order valence-corrected chi connectivity index (χ0v) is 27.4. The maximum atomic E-state index is 13.2. The molecule has 3 N–H and O–H groups in total. The first kappa shape index (κ1) is 34.6. The Hall–Kier alpha value is -3.69. The summed E-state index contributed by atoms with van der Waals surface area (Å²) in [4.78, 5) is 34.1. The van der Waals surface area contributed by atoms with Crippen molar-refractivity contribution in [3.05, 3.63) is 69.7 Å². The van der Waals surface area contributed by atoms with E-state index in [0.29, 0.717) is 18.3 Å². The van der Waals surface area contributed by atoms with Gasteiger partial charge in [0.2, 0.25) is 0 Å². The average Bonchev–Trinajstić information content (AvgIpc) is 3.72. The molecule has 1 saturated carbocycles. The van der Waals surface area contributed by atoms with Gasteiger partial charge in [0.15, 0.2) is 10.8 Å². The summed E-state index contributed by atoms with van der Waals surface area (Å²) < 4.78 is 74.0. The van der Waals surface area contributed by atoms with Crippen molar-refractivity contribution >= 4 is 33.3 Å². The van der Waals surface area contributed by atoms with Crippen molar-refractivity contribution in [2.24, 2.45) is 11.3 Å². The lowest BCUT2D eigenvalue weighted by atomic mass is 9.94. The second kappa shape index (κ2) is 13.4. The molecule has 0 spiro atoms. The summed E-state index contributed by atoms with van der Waals surface area (Å²) in [6.45, 7) is 5.63. The molecule has 3 aromatic rings. The number of nitrogens with one attached hydrogen (secondary N) is 3. The van der Waals surface area contributed by atoms with Crippen LogP contribution >= 0.6 is 11.6 Å². The molecule has 0 bridgehead atoms. The van der Waals surface area contributed by atoms with Gasteiger partial charge in [0.25, 0.3) is 21.5 Å². The van der Waals surface area contributed by atoms with Crippen molar-refractivity contribution < 1.29 is 31.1 Å². The predicted molar refractivity (Wildman–Crippen MR) is 169 cm³/mol. The van der Waals surface area contributed by atoms with Crippen LogP contribution < -0.4 is 25.7 Å². The molecule has 5 rings (SSSR count). The molecule has 1 aliphatic carbocycles. The van der Waals surface area contributed by atoms with Crippen molar-refractivity contribution in [2.75, 3.05) is 25.0 Å². The van der Waals surface area contributed by atoms with Crippen LogP contribution in [-0.2, 0) is 10.0 Å². The van der Waals surface area contributed by atoms with Gasteiger partial charge in [-0.15, -0.1) is 0 Å². The number of carbonyl (C=O) groups is 1. The fourth-order valence-electron chi connectivity index (χ4n) is 5.67. The van der Waals surface area contributed by atoms with Gasteiger partial charge in [0.1, 0.15) is 16.8 Å². The van der Waals surface area contributed by atoms with Gasteiger partial charge < -0.3 is 15.4 Å². The van der Waals surface area contributed by atoms with Crippen LogP contribution in [0.1, 0.15) is 62.7 Å². The first-order valence-electron chi connectivity index (χ1n) is 15.2. The van der Waals surface area contributed by atoms with E-state index in [2.05, 4.69) is 34.4 Å². The Morgan fingerprint density at radius 3 is 2.57 bits per heavy atom. The minimum Gasteiger partial charge on any atom is -0.488 e. The molecule has 16 heteroatoms. The van der Waals surface area contributed by atoms with Gasteiger partial charge in [-0.3, -0.25) is 14.2 Å². The summed E-state index contributed by atoms with van der Waals surface area (Å²) in [5, 5.41) is 5.87. The standard InChI is InChI=1S/C31H36ClF3N6O5S/c1-29(2)18-20(19-37-29)6-4-15-36-23-8-3-9-25(38-23)47(44,45)40-27(42)21-10-11-24(39-26(21)32)41-16-5-7-22(28(41)43)46-17-14-30(12-13-30)31(33,34)35/h3,5,7-11,16,20,37H,4,6,12-15,17-19H2,1-2H3,(H,36,38)(H,40,42)/t20-/m0/s1. The third-order valence-corrected chi connectivity index (χ3v) is 10.0. The van der Waals surface area contributed by atoms with Gasteiger partial charge in [-0.05, 0) is 101 Å². The second-order valence-corrected chi connectivity index (χ2v) is 14.6. The third-order valence-electron chi connectivity index (χ3n) is 8.52. The molecule has 4 heterocycles. The Kier molecular flexibility index (Phi) is 9.90. The third kappa shape index (κ3) is 8.25. The summed E-state index contributed by atoms with van der Waals surface area (Å²) in [5.74, 6) is -0.344. The minimum absolute atomic E-state index is 0.0211. The molecule has 254 valence electrons. The number of nitrogens with zero attached hydrogens (tertiary/aromatic N) is 3. The fourth-order valence-corrected chi connectivity index (χ4v) is 6.84. The van der Waals surface area contributed by atoms with E-state index in [4.69, 9.17) is 16.3 Å². The molecule has 47 heavy (non-hydrogen) atoms. The molecule has 1 saturated heterocycles. The number of rotatable bonds is 13. The van der Waals surface area contributed by atoms with Crippen molar-refractivity contribution in [3.63, 3.8) is 0 Å². The number of carbonyl (C=O) groups excluding carboxylic acids is 1. The lowest BCUT2D eigenvalue weighted by molar-refractivity contribution is -0.190. The molecule has 1 atom stereocenters. The molecular weight excluding hydrogens is 661 g/mol. The van der Waals surface area contributed by atoms with Crippen LogP contribution in [0.4, 0.5) is 19.0 Å². The molecule has 0 radical (unpaired) electrons. The fraction of sp³-hybridized carbons (Fsp3) is 0.484. The van der Waals surface area contributed by atoms with E-state index in [1.165, 1.54) is 42.6 Å². The monoisotopic (exact) mass is 696 g/mol. The van der Waals surface area contributed by atoms with E-state index < -0.39 is 38.2 Å². The molecule has 3 aromatic heterocycles. The van der Waals surface area contributed by atoms with Crippen LogP contribution in [0.3, 0.4) is 0 Å². The van der Waals surface area contributed by atoms with Gasteiger partial charge in [0.05, 0.1) is 17.6 Å². The topological polar surface area (TPSA) is 144 Å². The van der Waals surface area contributed by atoms with E-state index in [-0.39, 0.29) is 53.6 Å². The number of amides is 1. The Morgan fingerprint density at radius 2 is 1.91 bits per heavy atom. The highest BCUT2D eigenvalue weighted by Crippen LogP contribution is 2.59. The number of aromatic nitrogens is 3. The molecule has 0 aromatic carbocycles. The van der Waals surface area contributed by atoms with Crippen molar-refractivity contribution in [1.82, 2.24) is 24.6 Å². The average molecular weight is 697 g/mol. The van der Waals surface area contributed by atoms with Crippen LogP contribution in [0.25, 0.3) is 5.82 Å². The maximum Gasteiger partial charge on any atom is 0.394 e. The maximum absolute atomic E-state index is 13.2. The largest absolute Gasteiger partial charge is 0.488 e. The highest BCUT2D eigenvalue weighted by Gasteiger charge is 2.62. The highest BCUT2D eigenvalue weighted by molar-refractivity contribution is 7.90. The summed E-state index contributed by atoms with van der Waals surface area (Å²) >= 11 is 6.23. The first-order valence-corrected chi connectivity index (χ1v) is 17.1. The summed E-state index contributed by atoms with van der Waals surface area (Å²) in [6.07, 6.45) is -0.205. The number of sulfonamides is 1. The number of pyridine rings is 3. The lowest BCUT2D eigenvalue weighted by Crippen LogP contribution is -2.31. The molecule has 2 aliphatic rings. The number of anilines is 1. The normalized spacial score (nSPS) is 18.5. The number of halogens is 4. The Bertz CT molecular complexity index is 1800. The van der Waals surface area contributed by atoms with E-state index in [1.807, 2.05) is 4.72 Å². The van der Waals surface area contributed by atoms with Crippen molar-refractivity contribution in [1.29, 1.82) is 0 Å². The van der Waals surface area contributed by atoms with E-state index in [0.717, 1.165) is 30.4 Å². The number of hydrogen-bond acceptors (Lipinski definition) is 9. The molecule has 2 fully saturated rings. The Labute approximate surface area is 275 Å². The smallest absolute Gasteiger partial charge is 0.394 e. The quantitative estimate of drug-likeness (QED) is 0.164. The first-order chi connectivity index (χ1) is 22.1. The summed E-state index contributed by atoms with van der Waals surface area (Å²) in [6, 6.07) is 9.64. The molecule has 0 unspecified atom stereocenters. The van der Waals surface area contributed by atoms with Crippen LogP contribution in [0.5, 0.6) is 5.75 Å². The van der Waals surface area contributed by atoms with Gasteiger partial charge in [0, 0.05) is 18.3 Å². The number of alkyl halides is 3. The molecule has 1 amide bonds. The van der Waals surface area contributed by atoms with E-state index in [9.17, 15) is 31.2 Å². The summed E-state index contributed by atoms with van der Waals surface area (Å²) in [7, 11) is -4.39. The van der Waals surface area contributed by atoms with Gasteiger partial charge in [-0.2, -0.15) is 21.6 Å². The molecule has 1 aliphatic heterocycles. The molecule has 11 nitrogen and oxygen atoms in total. The zero-order valence-electron chi connectivity index (χ0n) is 25.9. The highest BCUT2D eigenvalue weighted by atomic mass is 35.5. The predicted octanol–water partition coefficient (Wildman–Crippen LogP) is 5.09. The van der Waals surface area contributed by atoms with Crippen LogP contribution in [0.2, 0.25) is 5.15 Å². The lowest BCUT2D eigenvalue weighted by Gasteiger charge is -2.19. The zero-order chi connectivity index (χ0) is 34.0. The van der Waals surface area contributed by atoms with E-state index >= 15 is 0 Å².